The third-order valence-electron chi connectivity index (χ3n) is 3.10. The van der Waals surface area contributed by atoms with Crippen molar-refractivity contribution in [2.45, 2.75) is 25.8 Å². The van der Waals surface area contributed by atoms with Crippen molar-refractivity contribution in [3.8, 4) is 0 Å². The third kappa shape index (κ3) is 3.28. The summed E-state index contributed by atoms with van der Waals surface area (Å²) < 4.78 is 5.08. The molecule has 1 atom stereocenters. The molecule has 1 aromatic heterocycles. The van der Waals surface area contributed by atoms with Crippen molar-refractivity contribution in [2.24, 2.45) is 5.92 Å². The monoisotopic (exact) mass is 225 g/mol. The highest BCUT2D eigenvalue weighted by atomic mass is 32.2. The highest BCUT2D eigenvalue weighted by molar-refractivity contribution is 7.99. The van der Waals surface area contributed by atoms with Crippen LogP contribution in [-0.4, -0.2) is 18.1 Å². The van der Waals surface area contributed by atoms with Gasteiger partial charge in [-0.2, -0.15) is 11.8 Å². The average Bonchev–Trinajstić information content (AvgIpc) is 2.81. The number of furan rings is 1. The molecule has 0 radical (unpaired) electrons. The lowest BCUT2D eigenvalue weighted by Gasteiger charge is -2.23. The van der Waals surface area contributed by atoms with Crippen LogP contribution in [0.25, 0.3) is 0 Å². The maximum absolute atomic E-state index is 5.08. The second-order valence-electron chi connectivity index (χ2n) is 4.24. The molecule has 2 rings (SSSR count). The first kappa shape index (κ1) is 11.1. The highest BCUT2D eigenvalue weighted by Crippen LogP contribution is 2.23. The minimum Gasteiger partial charge on any atom is -0.472 e. The van der Waals surface area contributed by atoms with E-state index in [0.29, 0.717) is 6.04 Å². The summed E-state index contributed by atoms with van der Waals surface area (Å²) in [6.45, 7) is 3.34. The normalized spacial score (nSPS) is 20.3. The largest absolute Gasteiger partial charge is 0.472 e. The van der Waals surface area contributed by atoms with Gasteiger partial charge in [0.15, 0.2) is 0 Å². The number of nitrogens with one attached hydrogen (secondary N) is 1. The Morgan fingerprint density at radius 3 is 3.00 bits per heavy atom. The lowest BCUT2D eigenvalue weighted by atomic mass is 10.0. The maximum atomic E-state index is 5.08. The van der Waals surface area contributed by atoms with Crippen LogP contribution in [0.1, 0.15) is 31.4 Å². The Morgan fingerprint density at radius 1 is 1.53 bits per heavy atom. The van der Waals surface area contributed by atoms with Gasteiger partial charge in [-0.05, 0) is 49.8 Å². The summed E-state index contributed by atoms with van der Waals surface area (Å²) in [6.07, 6.45) is 6.31. The van der Waals surface area contributed by atoms with Gasteiger partial charge in [0, 0.05) is 11.6 Å². The van der Waals surface area contributed by atoms with Crippen molar-refractivity contribution >= 4 is 11.8 Å². The molecular weight excluding hydrogens is 206 g/mol. The van der Waals surface area contributed by atoms with E-state index >= 15 is 0 Å². The van der Waals surface area contributed by atoms with Crippen LogP contribution in [0.2, 0.25) is 0 Å². The zero-order valence-electron chi connectivity index (χ0n) is 9.24. The number of thioether (sulfide) groups is 1. The van der Waals surface area contributed by atoms with Crippen LogP contribution >= 0.6 is 11.8 Å². The van der Waals surface area contributed by atoms with Gasteiger partial charge in [-0.3, -0.25) is 0 Å². The third-order valence-corrected chi connectivity index (χ3v) is 4.15. The van der Waals surface area contributed by atoms with Crippen LogP contribution in [0.3, 0.4) is 0 Å². The molecule has 2 nitrogen and oxygen atoms in total. The Hall–Kier alpha value is -0.410. The van der Waals surface area contributed by atoms with E-state index in [1.165, 1.54) is 29.9 Å². The molecule has 1 saturated heterocycles. The Bertz CT molecular complexity index is 267. The first-order valence-corrected chi connectivity index (χ1v) is 6.85. The molecule has 1 aliphatic heterocycles. The smallest absolute Gasteiger partial charge is 0.0950 e. The molecule has 1 aromatic rings. The van der Waals surface area contributed by atoms with Crippen LogP contribution < -0.4 is 5.32 Å². The first-order chi connectivity index (χ1) is 7.36. The minimum absolute atomic E-state index is 0.415. The summed E-state index contributed by atoms with van der Waals surface area (Å²) in [7, 11) is 0. The van der Waals surface area contributed by atoms with E-state index in [1.807, 2.05) is 12.3 Å². The molecule has 0 amide bonds. The quantitative estimate of drug-likeness (QED) is 0.852. The fourth-order valence-electron chi connectivity index (χ4n) is 1.93. The van der Waals surface area contributed by atoms with Gasteiger partial charge in [0.1, 0.15) is 0 Å². The van der Waals surface area contributed by atoms with E-state index < -0.39 is 0 Å². The van der Waals surface area contributed by atoms with E-state index in [0.717, 1.165) is 12.5 Å². The van der Waals surface area contributed by atoms with Crippen LogP contribution in [-0.2, 0) is 0 Å². The molecule has 1 fully saturated rings. The molecule has 84 valence electrons. The van der Waals surface area contributed by atoms with Crippen LogP contribution in [0.5, 0.6) is 0 Å². The lowest BCUT2D eigenvalue weighted by molar-refractivity contribution is 0.419. The van der Waals surface area contributed by atoms with E-state index in [9.17, 15) is 0 Å². The maximum Gasteiger partial charge on any atom is 0.0950 e. The fraction of sp³-hybridized carbons (Fsp3) is 0.667. The van der Waals surface area contributed by atoms with Crippen LogP contribution in [0, 0.1) is 5.92 Å². The standard InChI is InChI=1S/C12H19NOS/c1-10(12-2-5-14-9-12)13-8-11-3-6-15-7-4-11/h2,5,9-11,13H,3-4,6-8H2,1H3. The summed E-state index contributed by atoms with van der Waals surface area (Å²) in [6, 6.07) is 2.45. The molecule has 0 aromatic carbocycles. The van der Waals surface area contributed by atoms with Gasteiger partial charge in [-0.25, -0.2) is 0 Å². The summed E-state index contributed by atoms with van der Waals surface area (Å²) in [4.78, 5) is 0. The van der Waals surface area contributed by atoms with Gasteiger partial charge in [-0.15, -0.1) is 0 Å². The predicted octanol–water partition coefficient (Wildman–Crippen LogP) is 3.07. The number of rotatable bonds is 4. The van der Waals surface area contributed by atoms with Gasteiger partial charge < -0.3 is 9.73 Å². The molecule has 0 bridgehead atoms. The lowest BCUT2D eigenvalue weighted by Crippen LogP contribution is -2.27. The Morgan fingerprint density at radius 2 is 2.33 bits per heavy atom. The van der Waals surface area contributed by atoms with E-state index in [2.05, 4.69) is 24.0 Å². The zero-order valence-corrected chi connectivity index (χ0v) is 10.1. The molecule has 1 aliphatic rings. The summed E-state index contributed by atoms with van der Waals surface area (Å²) in [5.74, 6) is 3.55. The van der Waals surface area contributed by atoms with E-state index in [-0.39, 0.29) is 0 Å². The molecular formula is C12H19NOS. The van der Waals surface area contributed by atoms with Gasteiger partial charge in [0.25, 0.3) is 0 Å². The van der Waals surface area contributed by atoms with Crippen molar-refractivity contribution < 1.29 is 4.42 Å². The van der Waals surface area contributed by atoms with Crippen molar-refractivity contribution in [3.05, 3.63) is 24.2 Å². The molecule has 0 aliphatic carbocycles. The van der Waals surface area contributed by atoms with Gasteiger partial charge in [0.2, 0.25) is 0 Å². The fourth-order valence-corrected chi connectivity index (χ4v) is 3.14. The van der Waals surface area contributed by atoms with Crippen LogP contribution in [0.4, 0.5) is 0 Å². The second kappa shape index (κ2) is 5.61. The molecule has 0 saturated carbocycles. The summed E-state index contributed by atoms with van der Waals surface area (Å²) >= 11 is 2.09. The van der Waals surface area contributed by atoms with Crippen molar-refractivity contribution in [1.82, 2.24) is 5.32 Å². The van der Waals surface area contributed by atoms with Gasteiger partial charge >= 0.3 is 0 Å². The summed E-state index contributed by atoms with van der Waals surface area (Å²) in [5.41, 5.74) is 1.25. The number of hydrogen-bond acceptors (Lipinski definition) is 3. The molecule has 0 spiro atoms. The SMILES string of the molecule is CC(NCC1CCSCC1)c1ccoc1. The average molecular weight is 225 g/mol. The van der Waals surface area contributed by atoms with Crippen molar-refractivity contribution in [2.75, 3.05) is 18.1 Å². The zero-order chi connectivity index (χ0) is 10.5. The van der Waals surface area contributed by atoms with Crippen molar-refractivity contribution in [1.29, 1.82) is 0 Å². The summed E-state index contributed by atoms with van der Waals surface area (Å²) in [5, 5.41) is 3.59. The van der Waals surface area contributed by atoms with Crippen LogP contribution in [0.15, 0.2) is 23.0 Å². The van der Waals surface area contributed by atoms with E-state index in [4.69, 9.17) is 4.42 Å². The van der Waals surface area contributed by atoms with Crippen molar-refractivity contribution in [3.63, 3.8) is 0 Å². The first-order valence-electron chi connectivity index (χ1n) is 5.69. The highest BCUT2D eigenvalue weighted by Gasteiger charge is 2.15. The second-order valence-corrected chi connectivity index (χ2v) is 5.47. The molecule has 2 heterocycles. The number of hydrogen-bond donors (Lipinski definition) is 1. The van der Waals surface area contributed by atoms with Gasteiger partial charge in [0.05, 0.1) is 12.5 Å². The Labute approximate surface area is 95.8 Å². The Balaban J connectivity index is 1.73. The van der Waals surface area contributed by atoms with Gasteiger partial charge in [-0.1, -0.05) is 0 Å². The molecule has 15 heavy (non-hydrogen) atoms. The molecule has 1 N–H and O–H groups in total. The minimum atomic E-state index is 0.415. The topological polar surface area (TPSA) is 25.2 Å². The molecule has 3 heteroatoms. The molecule has 1 unspecified atom stereocenters. The van der Waals surface area contributed by atoms with E-state index in [1.54, 1.807) is 6.26 Å². The predicted molar refractivity (Wildman–Crippen MR) is 65.2 cm³/mol. The Kier molecular flexibility index (Phi) is 4.15.